The minimum Gasteiger partial charge on any atom is -0.480 e. The van der Waals surface area contributed by atoms with E-state index in [1.54, 1.807) is 4.90 Å². The highest BCUT2D eigenvalue weighted by molar-refractivity contribution is 5.98. The van der Waals surface area contributed by atoms with Crippen LogP contribution in [-0.4, -0.2) is 69.8 Å². The maximum atomic E-state index is 12.6. The Balaban J connectivity index is 2.27. The third-order valence-electron chi connectivity index (χ3n) is 5.10. The van der Waals surface area contributed by atoms with Crippen LogP contribution in [0.5, 0.6) is 0 Å². The topological polar surface area (TPSA) is 123 Å². The zero-order valence-electron chi connectivity index (χ0n) is 16.1. The quantitative estimate of drug-likeness (QED) is 0.555. The number of nitrogens with zero attached hydrogens (tertiary/aromatic N) is 1. The monoisotopic (exact) mass is 385 g/mol. The van der Waals surface area contributed by atoms with Crippen molar-refractivity contribution in [2.45, 2.75) is 57.4 Å². The van der Waals surface area contributed by atoms with Gasteiger partial charge >= 0.3 is 18.0 Å². The van der Waals surface area contributed by atoms with Crippen molar-refractivity contribution < 1.29 is 38.8 Å². The highest BCUT2D eigenvalue weighted by atomic mass is 16.7. The number of aliphatic carboxylic acids is 2. The molecule has 0 atom stereocenters. The number of carboxylic acid groups (broad SMARTS) is 2. The Hall–Kier alpha value is -2.13. The lowest BCUT2D eigenvalue weighted by Crippen LogP contribution is -2.70. The van der Waals surface area contributed by atoms with Gasteiger partial charge in [-0.1, -0.05) is 12.7 Å². The third kappa shape index (κ3) is 3.66. The van der Waals surface area contributed by atoms with Gasteiger partial charge in [-0.15, -0.1) is 0 Å². The van der Waals surface area contributed by atoms with Crippen molar-refractivity contribution in [1.82, 2.24) is 4.90 Å². The van der Waals surface area contributed by atoms with Crippen LogP contribution in [0.25, 0.3) is 0 Å². The number of ether oxygens (including phenoxy) is 3. The molecule has 0 saturated carbocycles. The number of piperidine rings is 1. The number of carbonyl (C=O) groups is 3. The second-order valence-corrected chi connectivity index (χ2v) is 8.36. The summed E-state index contributed by atoms with van der Waals surface area (Å²) in [6.07, 6.45) is 1.46. The van der Waals surface area contributed by atoms with Crippen molar-refractivity contribution in [2.75, 3.05) is 19.8 Å². The lowest BCUT2D eigenvalue weighted by atomic mass is 9.75. The second-order valence-electron chi connectivity index (χ2n) is 8.36. The lowest BCUT2D eigenvalue weighted by molar-refractivity contribution is -0.333. The SMILES string of the molecule is C=CCOC(=O)N1C(C)(C)CC2(CC1(C)C)OCC(C(=O)O)(C(=O)O)CO2. The fraction of sp³-hybridized carbons (Fsp3) is 0.722. The molecule has 2 saturated heterocycles. The average Bonchev–Trinajstić information content (AvgIpc) is 2.50. The maximum Gasteiger partial charge on any atom is 0.410 e. The molecule has 0 aromatic carbocycles. The summed E-state index contributed by atoms with van der Waals surface area (Å²) in [6.45, 7) is 9.90. The number of amides is 1. The van der Waals surface area contributed by atoms with Gasteiger partial charge in [0.15, 0.2) is 5.79 Å². The van der Waals surface area contributed by atoms with E-state index in [0.29, 0.717) is 0 Å². The average molecular weight is 385 g/mol. The van der Waals surface area contributed by atoms with Gasteiger partial charge in [-0.3, -0.25) is 14.5 Å². The predicted molar refractivity (Wildman–Crippen MR) is 93.1 cm³/mol. The molecule has 27 heavy (non-hydrogen) atoms. The first kappa shape index (κ1) is 21.2. The van der Waals surface area contributed by atoms with Crippen LogP contribution in [0, 0.1) is 5.41 Å². The number of likely N-dealkylation sites (tertiary alicyclic amines) is 1. The van der Waals surface area contributed by atoms with Gasteiger partial charge in [-0.25, -0.2) is 4.79 Å². The van der Waals surface area contributed by atoms with Crippen LogP contribution < -0.4 is 0 Å². The maximum absolute atomic E-state index is 12.6. The summed E-state index contributed by atoms with van der Waals surface area (Å²) < 4.78 is 16.7. The molecule has 0 bridgehead atoms. The van der Waals surface area contributed by atoms with E-state index in [9.17, 15) is 24.6 Å². The number of carboxylic acids is 2. The van der Waals surface area contributed by atoms with Gasteiger partial charge in [0.1, 0.15) is 6.61 Å². The van der Waals surface area contributed by atoms with Gasteiger partial charge in [0.2, 0.25) is 5.41 Å². The van der Waals surface area contributed by atoms with Crippen molar-refractivity contribution in [3.8, 4) is 0 Å². The molecular weight excluding hydrogens is 358 g/mol. The highest BCUT2D eigenvalue weighted by Gasteiger charge is 2.61. The molecule has 2 fully saturated rings. The van der Waals surface area contributed by atoms with Crippen LogP contribution in [0.4, 0.5) is 4.79 Å². The Morgan fingerprint density at radius 3 is 1.85 bits per heavy atom. The summed E-state index contributed by atoms with van der Waals surface area (Å²) in [4.78, 5) is 37.1. The van der Waals surface area contributed by atoms with Crippen LogP contribution in [0.15, 0.2) is 12.7 Å². The fourth-order valence-corrected chi connectivity index (χ4v) is 4.18. The molecule has 0 aliphatic carbocycles. The van der Waals surface area contributed by atoms with Crippen LogP contribution in [0.2, 0.25) is 0 Å². The van der Waals surface area contributed by atoms with E-state index in [-0.39, 0.29) is 19.4 Å². The third-order valence-corrected chi connectivity index (χ3v) is 5.10. The summed E-state index contributed by atoms with van der Waals surface area (Å²) in [7, 11) is 0. The largest absolute Gasteiger partial charge is 0.480 e. The molecule has 0 unspecified atom stereocenters. The Bertz CT molecular complexity index is 610. The minimum atomic E-state index is -2.14. The summed E-state index contributed by atoms with van der Waals surface area (Å²) in [5.41, 5.74) is -3.63. The Morgan fingerprint density at radius 1 is 1.04 bits per heavy atom. The van der Waals surface area contributed by atoms with Crippen molar-refractivity contribution in [1.29, 1.82) is 0 Å². The first-order valence-corrected chi connectivity index (χ1v) is 8.65. The molecule has 2 N–H and O–H groups in total. The molecule has 9 nitrogen and oxygen atoms in total. The van der Waals surface area contributed by atoms with Crippen LogP contribution in [0.1, 0.15) is 40.5 Å². The van der Waals surface area contributed by atoms with E-state index in [2.05, 4.69) is 6.58 Å². The summed E-state index contributed by atoms with van der Waals surface area (Å²) in [5, 5.41) is 18.7. The van der Waals surface area contributed by atoms with E-state index < -0.39 is 53.5 Å². The molecule has 0 aromatic heterocycles. The fourth-order valence-electron chi connectivity index (χ4n) is 4.18. The standard InChI is InChI=1S/C18H27NO8/c1-6-7-25-14(24)19-15(2,3)8-18(9-16(19,4)5)26-10-17(11-27-18,12(20)21)13(22)23/h6H,1,7-11H2,2-5H3,(H,20,21)(H,22,23). The Labute approximate surface area is 157 Å². The molecule has 1 spiro atoms. The van der Waals surface area contributed by atoms with E-state index in [1.165, 1.54) is 6.08 Å². The zero-order chi connectivity index (χ0) is 20.7. The highest BCUT2D eigenvalue weighted by Crippen LogP contribution is 2.48. The molecule has 2 heterocycles. The van der Waals surface area contributed by atoms with E-state index >= 15 is 0 Å². The summed E-state index contributed by atoms with van der Waals surface area (Å²) in [5.74, 6) is -4.20. The van der Waals surface area contributed by atoms with Crippen LogP contribution in [0.3, 0.4) is 0 Å². The Kier molecular flexibility index (Phi) is 5.33. The molecule has 2 rings (SSSR count). The van der Waals surface area contributed by atoms with Crippen molar-refractivity contribution in [2.24, 2.45) is 5.41 Å². The normalized spacial score (nSPS) is 24.8. The number of carbonyl (C=O) groups excluding carboxylic acids is 1. The minimum absolute atomic E-state index is 0.0827. The summed E-state index contributed by atoms with van der Waals surface area (Å²) >= 11 is 0. The van der Waals surface area contributed by atoms with Gasteiger partial charge in [0, 0.05) is 23.9 Å². The number of hydrogen-bond donors (Lipinski definition) is 2. The van der Waals surface area contributed by atoms with Crippen molar-refractivity contribution in [3.05, 3.63) is 12.7 Å². The van der Waals surface area contributed by atoms with Crippen LogP contribution in [-0.2, 0) is 23.8 Å². The predicted octanol–water partition coefficient (Wildman–Crippen LogP) is 1.86. The molecule has 2 aliphatic heterocycles. The molecule has 0 radical (unpaired) electrons. The van der Waals surface area contributed by atoms with E-state index in [4.69, 9.17) is 14.2 Å². The molecular formula is C18H27NO8. The van der Waals surface area contributed by atoms with E-state index in [1.807, 2.05) is 27.7 Å². The van der Waals surface area contributed by atoms with Crippen molar-refractivity contribution >= 4 is 18.0 Å². The Morgan fingerprint density at radius 2 is 1.48 bits per heavy atom. The van der Waals surface area contributed by atoms with Gasteiger partial charge in [0.25, 0.3) is 0 Å². The van der Waals surface area contributed by atoms with Gasteiger partial charge in [0.05, 0.1) is 13.2 Å². The van der Waals surface area contributed by atoms with Gasteiger partial charge < -0.3 is 24.4 Å². The molecule has 9 heteroatoms. The van der Waals surface area contributed by atoms with Gasteiger partial charge in [-0.2, -0.15) is 0 Å². The molecule has 152 valence electrons. The zero-order valence-corrected chi connectivity index (χ0v) is 16.1. The number of rotatable bonds is 4. The van der Waals surface area contributed by atoms with Gasteiger partial charge in [-0.05, 0) is 27.7 Å². The molecule has 1 amide bonds. The summed E-state index contributed by atoms with van der Waals surface area (Å²) in [6, 6.07) is 0. The first-order valence-electron chi connectivity index (χ1n) is 8.65. The first-order chi connectivity index (χ1) is 12.3. The van der Waals surface area contributed by atoms with Crippen LogP contribution >= 0.6 is 0 Å². The number of hydrogen-bond acceptors (Lipinski definition) is 6. The lowest BCUT2D eigenvalue weighted by Gasteiger charge is -2.59. The van der Waals surface area contributed by atoms with Crippen molar-refractivity contribution in [3.63, 3.8) is 0 Å². The second kappa shape index (κ2) is 6.79. The smallest absolute Gasteiger partial charge is 0.410 e. The molecule has 0 aromatic rings. The molecule has 2 aliphatic rings. The van der Waals surface area contributed by atoms with E-state index in [0.717, 1.165) is 0 Å².